The van der Waals surface area contributed by atoms with E-state index in [0.29, 0.717) is 31.2 Å². The molecule has 5 nitrogen and oxygen atoms in total. The van der Waals surface area contributed by atoms with Gasteiger partial charge in [-0.15, -0.1) is 0 Å². The predicted octanol–water partition coefficient (Wildman–Crippen LogP) is 4.70. The quantitative estimate of drug-likeness (QED) is 0.590. The fraction of sp³-hybridized carbons (Fsp3) is 0.227. The zero-order valence-electron chi connectivity index (χ0n) is 15.7. The van der Waals surface area contributed by atoms with Crippen LogP contribution in [0.2, 0.25) is 0 Å². The Hall–Kier alpha value is -3.21. The molecule has 0 saturated heterocycles. The van der Waals surface area contributed by atoms with Gasteiger partial charge in [0.1, 0.15) is 23.8 Å². The van der Waals surface area contributed by atoms with Gasteiger partial charge in [0.25, 0.3) is 5.91 Å². The minimum Gasteiger partial charge on any atom is -0.489 e. The van der Waals surface area contributed by atoms with Crippen LogP contribution in [0.15, 0.2) is 71.4 Å². The summed E-state index contributed by atoms with van der Waals surface area (Å²) in [6.45, 7) is 9.15. The van der Waals surface area contributed by atoms with Crippen LogP contribution in [-0.2, 0) is 13.1 Å². The lowest BCUT2D eigenvalue weighted by atomic mass is 10.2. The molecule has 1 N–H and O–H groups in total. The molecule has 0 radical (unpaired) electrons. The number of fused-ring (bicyclic) bond motifs is 1. The van der Waals surface area contributed by atoms with Gasteiger partial charge in [0.2, 0.25) is 0 Å². The number of hydrogen-bond acceptors (Lipinski definition) is 3. The van der Waals surface area contributed by atoms with Crippen molar-refractivity contribution in [3.63, 3.8) is 0 Å². The van der Waals surface area contributed by atoms with Gasteiger partial charge in [0, 0.05) is 11.9 Å². The van der Waals surface area contributed by atoms with Gasteiger partial charge < -0.3 is 19.0 Å². The monoisotopic (exact) mass is 364 g/mol. The number of nitrogens with zero attached hydrogens (tertiary/aromatic N) is 1. The number of amides is 1. The zero-order valence-corrected chi connectivity index (χ0v) is 15.7. The molecule has 0 unspecified atom stereocenters. The van der Waals surface area contributed by atoms with Crippen molar-refractivity contribution >= 4 is 16.8 Å². The number of carbonyl (C=O) groups is 1. The van der Waals surface area contributed by atoms with E-state index < -0.39 is 0 Å². The first kappa shape index (κ1) is 18.6. The number of allylic oxidation sites excluding steroid dienone is 2. The van der Waals surface area contributed by atoms with Gasteiger partial charge in [-0.1, -0.05) is 30.4 Å². The molecule has 0 bridgehead atoms. The number of aromatic nitrogens is 1. The highest BCUT2D eigenvalue weighted by atomic mass is 16.5. The SMILES string of the molecule is C=CCOc1cccc2c1cc(C(=O)NCc1ccco1)n2CC=C(C)C. The predicted molar refractivity (Wildman–Crippen MR) is 107 cm³/mol. The van der Waals surface area contributed by atoms with Gasteiger partial charge in [-0.25, -0.2) is 0 Å². The molecule has 0 aliphatic carbocycles. The second-order valence-corrected chi connectivity index (χ2v) is 6.47. The summed E-state index contributed by atoms with van der Waals surface area (Å²) >= 11 is 0. The van der Waals surface area contributed by atoms with E-state index in [1.54, 1.807) is 18.4 Å². The van der Waals surface area contributed by atoms with E-state index >= 15 is 0 Å². The molecule has 27 heavy (non-hydrogen) atoms. The molecule has 0 spiro atoms. The summed E-state index contributed by atoms with van der Waals surface area (Å²) in [7, 11) is 0. The third kappa shape index (κ3) is 4.31. The zero-order chi connectivity index (χ0) is 19.2. The summed E-state index contributed by atoms with van der Waals surface area (Å²) in [6.07, 6.45) is 5.40. The Labute approximate surface area is 158 Å². The summed E-state index contributed by atoms with van der Waals surface area (Å²) in [4.78, 5) is 12.8. The highest BCUT2D eigenvalue weighted by Crippen LogP contribution is 2.29. The average Bonchev–Trinajstić information content (AvgIpc) is 3.30. The van der Waals surface area contributed by atoms with Crippen LogP contribution in [0.3, 0.4) is 0 Å². The van der Waals surface area contributed by atoms with Crippen LogP contribution in [0.25, 0.3) is 10.9 Å². The van der Waals surface area contributed by atoms with Crippen molar-refractivity contribution in [2.75, 3.05) is 6.61 Å². The number of nitrogens with one attached hydrogen (secondary N) is 1. The van der Waals surface area contributed by atoms with Gasteiger partial charge >= 0.3 is 0 Å². The molecule has 0 fully saturated rings. The molecule has 2 heterocycles. The van der Waals surface area contributed by atoms with Gasteiger partial charge in [-0.05, 0) is 44.2 Å². The van der Waals surface area contributed by atoms with E-state index in [1.165, 1.54) is 5.57 Å². The van der Waals surface area contributed by atoms with Gasteiger partial charge in [-0.2, -0.15) is 0 Å². The van der Waals surface area contributed by atoms with Crippen molar-refractivity contribution in [3.8, 4) is 5.75 Å². The number of hydrogen-bond donors (Lipinski definition) is 1. The highest BCUT2D eigenvalue weighted by molar-refractivity contribution is 6.00. The number of ether oxygens (including phenoxy) is 1. The summed E-state index contributed by atoms with van der Waals surface area (Å²) in [6, 6.07) is 11.4. The van der Waals surface area contributed by atoms with Crippen molar-refractivity contribution in [2.24, 2.45) is 0 Å². The molecule has 3 rings (SSSR count). The van der Waals surface area contributed by atoms with Crippen LogP contribution >= 0.6 is 0 Å². The summed E-state index contributed by atoms with van der Waals surface area (Å²) in [5.74, 6) is 1.30. The lowest BCUT2D eigenvalue weighted by Gasteiger charge is -2.10. The second-order valence-electron chi connectivity index (χ2n) is 6.47. The van der Waals surface area contributed by atoms with Gasteiger partial charge in [0.15, 0.2) is 0 Å². The maximum absolute atomic E-state index is 12.8. The topological polar surface area (TPSA) is 56.4 Å². The largest absolute Gasteiger partial charge is 0.489 e. The van der Waals surface area contributed by atoms with Crippen molar-refractivity contribution in [3.05, 3.63) is 78.4 Å². The molecule has 5 heteroatoms. The molecule has 0 atom stereocenters. The third-order valence-corrected chi connectivity index (χ3v) is 4.18. The molecule has 0 saturated carbocycles. The number of furan rings is 1. The summed E-state index contributed by atoms with van der Waals surface area (Å²) < 4.78 is 13.1. The van der Waals surface area contributed by atoms with E-state index in [2.05, 4.69) is 18.0 Å². The standard InChI is InChI=1S/C22H24N2O3/c1-4-12-27-21-9-5-8-19-18(21)14-20(24(19)11-10-16(2)3)22(25)23-15-17-7-6-13-26-17/h4-10,13-14H,1,11-12,15H2,2-3H3,(H,23,25). The highest BCUT2D eigenvalue weighted by Gasteiger charge is 2.17. The Morgan fingerprint density at radius 3 is 2.85 bits per heavy atom. The maximum atomic E-state index is 12.8. The molecule has 0 aliphatic heterocycles. The van der Waals surface area contributed by atoms with Crippen molar-refractivity contribution < 1.29 is 13.9 Å². The Morgan fingerprint density at radius 1 is 1.30 bits per heavy atom. The lowest BCUT2D eigenvalue weighted by molar-refractivity contribution is 0.0939. The molecule has 2 aromatic heterocycles. The van der Waals surface area contributed by atoms with E-state index in [0.717, 1.165) is 16.7 Å². The molecular formula is C22H24N2O3. The first-order valence-corrected chi connectivity index (χ1v) is 8.90. The van der Waals surface area contributed by atoms with Crippen LogP contribution in [0, 0.1) is 0 Å². The summed E-state index contributed by atoms with van der Waals surface area (Å²) in [5, 5.41) is 3.83. The van der Waals surface area contributed by atoms with Gasteiger partial charge in [-0.3, -0.25) is 4.79 Å². The lowest BCUT2D eigenvalue weighted by Crippen LogP contribution is -2.25. The minimum atomic E-state index is -0.153. The van der Waals surface area contributed by atoms with Crippen LogP contribution in [-0.4, -0.2) is 17.1 Å². The van der Waals surface area contributed by atoms with Crippen molar-refractivity contribution in [1.82, 2.24) is 9.88 Å². The normalized spacial score (nSPS) is 10.6. The maximum Gasteiger partial charge on any atom is 0.268 e. The van der Waals surface area contributed by atoms with Crippen molar-refractivity contribution in [1.29, 1.82) is 0 Å². The second kappa shape index (κ2) is 8.45. The number of rotatable bonds is 8. The molecule has 140 valence electrons. The first-order valence-electron chi connectivity index (χ1n) is 8.90. The molecule has 3 aromatic rings. The summed E-state index contributed by atoms with van der Waals surface area (Å²) in [5.41, 5.74) is 2.73. The molecule has 1 amide bonds. The molecular weight excluding hydrogens is 340 g/mol. The fourth-order valence-electron chi connectivity index (χ4n) is 2.86. The van der Waals surface area contributed by atoms with Crippen LogP contribution in [0.5, 0.6) is 5.75 Å². The van der Waals surface area contributed by atoms with Gasteiger partial charge in [0.05, 0.1) is 18.3 Å². The van der Waals surface area contributed by atoms with Crippen LogP contribution in [0.1, 0.15) is 30.1 Å². The molecule has 1 aromatic carbocycles. The van der Waals surface area contributed by atoms with Crippen LogP contribution < -0.4 is 10.1 Å². The van der Waals surface area contributed by atoms with E-state index in [1.807, 2.05) is 48.7 Å². The van der Waals surface area contributed by atoms with E-state index in [4.69, 9.17) is 9.15 Å². The number of carbonyl (C=O) groups excluding carboxylic acids is 1. The van der Waals surface area contributed by atoms with Crippen LogP contribution in [0.4, 0.5) is 0 Å². The smallest absolute Gasteiger partial charge is 0.268 e. The Kier molecular flexibility index (Phi) is 5.81. The van der Waals surface area contributed by atoms with E-state index in [-0.39, 0.29) is 5.91 Å². The first-order chi connectivity index (χ1) is 13.1. The van der Waals surface area contributed by atoms with E-state index in [9.17, 15) is 4.79 Å². The van der Waals surface area contributed by atoms with Crippen molar-refractivity contribution in [2.45, 2.75) is 26.9 Å². The Morgan fingerprint density at radius 2 is 2.15 bits per heavy atom. The fourth-order valence-corrected chi connectivity index (χ4v) is 2.86. The molecule has 0 aliphatic rings. The minimum absolute atomic E-state index is 0.153. The Balaban J connectivity index is 1.97. The third-order valence-electron chi connectivity index (χ3n) is 4.18. The number of benzene rings is 1. The Bertz CT molecular complexity index is 961. The average molecular weight is 364 g/mol.